The minimum atomic E-state index is -0.706. The average molecular weight is 213 g/mol. The zero-order valence-electron chi connectivity index (χ0n) is 9.39. The fourth-order valence-corrected chi connectivity index (χ4v) is 1.81. The Bertz CT molecular complexity index is 237. The van der Waals surface area contributed by atoms with E-state index < -0.39 is 5.97 Å². The van der Waals surface area contributed by atoms with Gasteiger partial charge in [-0.1, -0.05) is 13.8 Å². The van der Waals surface area contributed by atoms with Crippen LogP contribution in [0.1, 0.15) is 20.3 Å². The molecule has 2 heterocycles. The van der Waals surface area contributed by atoms with Gasteiger partial charge in [-0.3, -0.25) is 4.79 Å². The molecule has 0 unspecified atom stereocenters. The lowest BCUT2D eigenvalue weighted by Crippen LogP contribution is -2.48. The number of carboxylic acid groups (broad SMARTS) is 1. The van der Waals surface area contributed by atoms with E-state index in [1.807, 2.05) is 5.12 Å². The molecule has 0 bridgehead atoms. The maximum Gasteiger partial charge on any atom is 0.323 e. The van der Waals surface area contributed by atoms with Crippen LogP contribution in [0.4, 0.5) is 0 Å². The zero-order valence-corrected chi connectivity index (χ0v) is 9.39. The van der Waals surface area contributed by atoms with Crippen LogP contribution in [0.2, 0.25) is 0 Å². The van der Waals surface area contributed by atoms with Crippen molar-refractivity contribution >= 4 is 5.97 Å². The first-order chi connectivity index (χ1) is 7.09. The number of hydrogen-bond donors (Lipinski definition) is 1. The maximum absolute atomic E-state index is 11.2. The number of rotatable bonds is 6. The van der Waals surface area contributed by atoms with Crippen LogP contribution < -0.4 is 0 Å². The van der Waals surface area contributed by atoms with Gasteiger partial charge in [0.2, 0.25) is 0 Å². The summed E-state index contributed by atoms with van der Waals surface area (Å²) in [6.45, 7) is 8.13. The molecule has 0 saturated carbocycles. The first-order valence-corrected chi connectivity index (χ1v) is 5.61. The third-order valence-electron chi connectivity index (χ3n) is 2.69. The fraction of sp³-hybridized carbons (Fsp3) is 0.900. The molecule has 5 nitrogen and oxygen atoms in total. The van der Waals surface area contributed by atoms with Crippen molar-refractivity contribution in [1.82, 2.24) is 15.1 Å². The van der Waals surface area contributed by atoms with Crippen LogP contribution in [-0.2, 0) is 4.79 Å². The maximum atomic E-state index is 11.2. The number of carbonyl (C=O) groups is 1. The first kappa shape index (κ1) is 10.9. The summed E-state index contributed by atoms with van der Waals surface area (Å²) >= 11 is 0. The molecule has 2 saturated heterocycles. The number of hydrazine groups is 2. The van der Waals surface area contributed by atoms with E-state index in [2.05, 4.69) is 23.9 Å². The summed E-state index contributed by atoms with van der Waals surface area (Å²) in [5.41, 5.74) is 0. The highest BCUT2D eigenvalue weighted by Gasteiger charge is 2.43. The number of nitrogens with zero attached hydrogens (tertiary/aromatic N) is 3. The van der Waals surface area contributed by atoms with Crippen LogP contribution in [0.5, 0.6) is 0 Å². The van der Waals surface area contributed by atoms with E-state index in [9.17, 15) is 9.90 Å². The lowest BCUT2D eigenvalue weighted by atomic mass is 10.0. The Hall–Kier alpha value is -0.650. The topological polar surface area (TPSA) is 46.6 Å². The number of aliphatic carboxylic acids is 1. The molecule has 15 heavy (non-hydrogen) atoms. The van der Waals surface area contributed by atoms with Crippen LogP contribution >= 0.6 is 0 Å². The van der Waals surface area contributed by atoms with E-state index in [1.165, 1.54) is 0 Å². The third-order valence-corrected chi connectivity index (χ3v) is 2.69. The van der Waals surface area contributed by atoms with Gasteiger partial charge in [0.15, 0.2) is 0 Å². The van der Waals surface area contributed by atoms with Gasteiger partial charge in [-0.25, -0.2) is 10.0 Å². The van der Waals surface area contributed by atoms with Crippen molar-refractivity contribution < 1.29 is 9.90 Å². The second kappa shape index (κ2) is 4.08. The van der Waals surface area contributed by atoms with Crippen molar-refractivity contribution in [2.75, 3.05) is 26.2 Å². The molecule has 2 aliphatic rings. The normalized spacial score (nSPS) is 23.5. The smallest absolute Gasteiger partial charge is 0.323 e. The van der Waals surface area contributed by atoms with E-state index in [4.69, 9.17) is 0 Å². The zero-order chi connectivity index (χ0) is 11.0. The molecule has 1 atom stereocenters. The molecule has 0 aromatic heterocycles. The van der Waals surface area contributed by atoms with Crippen LogP contribution in [-0.4, -0.2) is 58.4 Å². The van der Waals surface area contributed by atoms with E-state index in [0.717, 1.165) is 26.2 Å². The minimum absolute atomic E-state index is 0.380. The van der Waals surface area contributed by atoms with Crippen molar-refractivity contribution in [2.45, 2.75) is 26.3 Å². The highest BCUT2D eigenvalue weighted by atomic mass is 16.4. The molecule has 1 N–H and O–H groups in total. The molecule has 0 radical (unpaired) electrons. The molecule has 0 aliphatic carbocycles. The van der Waals surface area contributed by atoms with Crippen molar-refractivity contribution in [2.24, 2.45) is 5.92 Å². The van der Waals surface area contributed by atoms with Crippen LogP contribution in [0.25, 0.3) is 0 Å². The molecule has 2 aliphatic heterocycles. The SMILES string of the molecule is CC(C)C[C@@H](C(=O)O)N(N1CC1)N1CC1. The lowest BCUT2D eigenvalue weighted by Gasteiger charge is -2.30. The standard InChI is InChI=1S/C10H19N3O2/c1-8(2)7-9(10(14)15)13(11-3-4-11)12-5-6-12/h8-9H,3-7H2,1-2H3,(H,14,15)/t9-/m0/s1. The predicted molar refractivity (Wildman–Crippen MR) is 55.9 cm³/mol. The molecule has 86 valence electrons. The predicted octanol–water partition coefficient (Wildman–Crippen LogP) is 0.249. The van der Waals surface area contributed by atoms with Crippen LogP contribution in [0, 0.1) is 5.92 Å². The second-order valence-electron chi connectivity index (χ2n) is 4.71. The molecule has 0 aromatic carbocycles. The molecule has 0 aromatic rings. The van der Waals surface area contributed by atoms with Crippen LogP contribution in [0.15, 0.2) is 0 Å². The van der Waals surface area contributed by atoms with Crippen molar-refractivity contribution in [1.29, 1.82) is 0 Å². The molecular weight excluding hydrogens is 194 g/mol. The summed E-state index contributed by atoms with van der Waals surface area (Å²) in [4.78, 5) is 11.2. The third kappa shape index (κ3) is 2.68. The Labute approximate surface area is 90.2 Å². The van der Waals surface area contributed by atoms with Crippen LogP contribution in [0.3, 0.4) is 0 Å². The van der Waals surface area contributed by atoms with E-state index in [-0.39, 0.29) is 6.04 Å². The summed E-state index contributed by atoms with van der Waals surface area (Å²) < 4.78 is 0. The summed E-state index contributed by atoms with van der Waals surface area (Å²) in [5, 5.41) is 15.4. The first-order valence-electron chi connectivity index (χ1n) is 5.61. The van der Waals surface area contributed by atoms with Gasteiger partial charge < -0.3 is 5.11 Å². The van der Waals surface area contributed by atoms with Gasteiger partial charge in [0, 0.05) is 26.2 Å². The number of carboxylic acids is 1. The Morgan fingerprint density at radius 3 is 2.00 bits per heavy atom. The fourth-order valence-electron chi connectivity index (χ4n) is 1.81. The summed E-state index contributed by atoms with van der Waals surface area (Å²) in [6, 6.07) is -0.380. The lowest BCUT2D eigenvalue weighted by molar-refractivity contribution is -0.163. The quantitative estimate of drug-likeness (QED) is 0.641. The molecule has 0 spiro atoms. The monoisotopic (exact) mass is 213 g/mol. The Kier molecular flexibility index (Phi) is 2.95. The largest absolute Gasteiger partial charge is 0.480 e. The molecule has 0 amide bonds. The van der Waals surface area contributed by atoms with Gasteiger partial charge in [0.1, 0.15) is 6.04 Å². The van der Waals surface area contributed by atoms with Gasteiger partial charge in [-0.2, -0.15) is 5.12 Å². The molecule has 2 fully saturated rings. The van der Waals surface area contributed by atoms with E-state index >= 15 is 0 Å². The summed E-state index contributed by atoms with van der Waals surface area (Å²) in [7, 11) is 0. The highest BCUT2D eigenvalue weighted by molar-refractivity contribution is 5.73. The van der Waals surface area contributed by atoms with Gasteiger partial charge in [-0.15, -0.1) is 0 Å². The summed E-state index contributed by atoms with van der Waals surface area (Å²) in [5.74, 6) is -0.295. The Morgan fingerprint density at radius 2 is 1.73 bits per heavy atom. The average Bonchev–Trinajstić information content (AvgIpc) is 2.98. The Morgan fingerprint density at radius 1 is 1.27 bits per heavy atom. The molecule has 5 heteroatoms. The molecule has 2 rings (SSSR count). The number of hydrogen-bond acceptors (Lipinski definition) is 4. The van der Waals surface area contributed by atoms with Crippen molar-refractivity contribution in [3.05, 3.63) is 0 Å². The molecular formula is C10H19N3O2. The Balaban J connectivity index is 2.02. The highest BCUT2D eigenvalue weighted by Crippen LogP contribution is 2.25. The van der Waals surface area contributed by atoms with Gasteiger partial charge in [0.05, 0.1) is 0 Å². The van der Waals surface area contributed by atoms with Gasteiger partial charge >= 0.3 is 5.97 Å². The van der Waals surface area contributed by atoms with E-state index in [0.29, 0.717) is 12.3 Å². The van der Waals surface area contributed by atoms with E-state index in [1.54, 1.807) is 0 Å². The van der Waals surface area contributed by atoms with Crippen molar-refractivity contribution in [3.8, 4) is 0 Å². The minimum Gasteiger partial charge on any atom is -0.480 e. The second-order valence-corrected chi connectivity index (χ2v) is 4.71. The summed E-state index contributed by atoms with van der Waals surface area (Å²) in [6.07, 6.45) is 0.711. The van der Waals surface area contributed by atoms with Crippen molar-refractivity contribution in [3.63, 3.8) is 0 Å². The van der Waals surface area contributed by atoms with Gasteiger partial charge in [-0.05, 0) is 12.3 Å². The van der Waals surface area contributed by atoms with Gasteiger partial charge in [0.25, 0.3) is 0 Å².